The average Bonchev–Trinajstić information content (AvgIpc) is 3.03. The summed E-state index contributed by atoms with van der Waals surface area (Å²) in [6.45, 7) is 3.82. The summed E-state index contributed by atoms with van der Waals surface area (Å²) in [5.41, 5.74) is 1.01. The molecule has 2 aromatic heterocycles. The van der Waals surface area contributed by atoms with Gasteiger partial charge in [0.1, 0.15) is 4.21 Å². The van der Waals surface area contributed by atoms with Gasteiger partial charge in [-0.1, -0.05) is 6.07 Å². The maximum absolute atomic E-state index is 11.3. The predicted octanol–water partition coefficient (Wildman–Crippen LogP) is 1.09. The Kier molecular flexibility index (Phi) is 6.71. The van der Waals surface area contributed by atoms with Gasteiger partial charge >= 0.3 is 0 Å². The second-order valence-corrected chi connectivity index (χ2v) is 7.92. The smallest absolute Gasteiger partial charge is 0.247 e. The molecule has 9 heteroatoms. The molecular formula is C15H21N5O2S2. The molecule has 4 N–H and O–H groups in total. The number of aromatic nitrogens is 1. The van der Waals surface area contributed by atoms with Crippen LogP contribution in [-0.4, -0.2) is 32.5 Å². The molecule has 0 bridgehead atoms. The number of hydrogen-bond acceptors (Lipinski definition) is 5. The summed E-state index contributed by atoms with van der Waals surface area (Å²) in [6, 6.07) is 9.06. The largest absolute Gasteiger partial charge is 0.357 e. The molecule has 0 amide bonds. The van der Waals surface area contributed by atoms with Crippen molar-refractivity contribution in [3.05, 3.63) is 47.1 Å². The van der Waals surface area contributed by atoms with Gasteiger partial charge in [-0.05, 0) is 31.2 Å². The fourth-order valence-corrected chi connectivity index (χ4v) is 3.65. The normalized spacial score (nSPS) is 12.2. The SMILES string of the molecule is CCNC(=NCc1ccc(S(N)(=O)=O)s1)NCCc1ccccn1. The first-order chi connectivity index (χ1) is 11.5. The topological polar surface area (TPSA) is 109 Å². The molecule has 24 heavy (non-hydrogen) atoms. The van der Waals surface area contributed by atoms with E-state index in [9.17, 15) is 8.42 Å². The first-order valence-corrected chi connectivity index (χ1v) is 9.89. The summed E-state index contributed by atoms with van der Waals surface area (Å²) in [6.07, 6.45) is 2.56. The fraction of sp³-hybridized carbons (Fsp3) is 0.333. The molecule has 0 fully saturated rings. The van der Waals surface area contributed by atoms with Crippen molar-refractivity contribution in [2.45, 2.75) is 24.1 Å². The van der Waals surface area contributed by atoms with E-state index in [1.54, 1.807) is 12.3 Å². The lowest BCUT2D eigenvalue weighted by atomic mass is 10.3. The quantitative estimate of drug-likeness (QED) is 0.501. The summed E-state index contributed by atoms with van der Waals surface area (Å²) in [5.74, 6) is 0.680. The number of thiophene rings is 1. The van der Waals surface area contributed by atoms with Gasteiger partial charge in [-0.15, -0.1) is 11.3 Å². The zero-order valence-corrected chi connectivity index (χ0v) is 15.0. The van der Waals surface area contributed by atoms with Crippen LogP contribution in [0.25, 0.3) is 0 Å². The molecule has 0 spiro atoms. The van der Waals surface area contributed by atoms with Gasteiger partial charge in [0.25, 0.3) is 0 Å². The summed E-state index contributed by atoms with van der Waals surface area (Å²) in [7, 11) is -3.64. The van der Waals surface area contributed by atoms with Crippen molar-refractivity contribution in [1.29, 1.82) is 0 Å². The maximum Gasteiger partial charge on any atom is 0.247 e. The van der Waals surface area contributed by atoms with Crippen LogP contribution in [0.1, 0.15) is 17.5 Å². The number of nitrogens with zero attached hydrogens (tertiary/aromatic N) is 2. The van der Waals surface area contributed by atoms with Gasteiger partial charge in [-0.2, -0.15) is 0 Å². The van der Waals surface area contributed by atoms with Crippen LogP contribution in [0.2, 0.25) is 0 Å². The lowest BCUT2D eigenvalue weighted by molar-refractivity contribution is 0.600. The van der Waals surface area contributed by atoms with Crippen LogP contribution in [0.3, 0.4) is 0 Å². The van der Waals surface area contributed by atoms with Crippen LogP contribution in [0, 0.1) is 0 Å². The standard InChI is InChI=1S/C15H21N5O2S2/c1-2-17-15(19-10-8-12-5-3-4-9-18-12)20-11-13-6-7-14(23-13)24(16,21)22/h3-7,9H,2,8,10-11H2,1H3,(H2,16,21,22)(H2,17,19,20). The van der Waals surface area contributed by atoms with E-state index >= 15 is 0 Å². The number of aliphatic imine (C=N–C) groups is 1. The van der Waals surface area contributed by atoms with Crippen LogP contribution >= 0.6 is 11.3 Å². The average molecular weight is 368 g/mol. The van der Waals surface area contributed by atoms with Crippen LogP contribution in [-0.2, 0) is 23.0 Å². The molecule has 2 aromatic rings. The van der Waals surface area contributed by atoms with Crippen molar-refractivity contribution < 1.29 is 8.42 Å². The molecule has 0 aromatic carbocycles. The Morgan fingerprint density at radius 3 is 2.75 bits per heavy atom. The Bertz CT molecular complexity index is 772. The first-order valence-electron chi connectivity index (χ1n) is 7.52. The van der Waals surface area contributed by atoms with Gasteiger partial charge in [-0.3, -0.25) is 4.98 Å². The lowest BCUT2D eigenvalue weighted by Crippen LogP contribution is -2.38. The highest BCUT2D eigenvalue weighted by Crippen LogP contribution is 2.20. The van der Waals surface area contributed by atoms with Crippen LogP contribution in [0.5, 0.6) is 0 Å². The molecule has 2 heterocycles. The zero-order valence-electron chi connectivity index (χ0n) is 13.4. The van der Waals surface area contributed by atoms with Crippen LogP contribution in [0.15, 0.2) is 45.7 Å². The highest BCUT2D eigenvalue weighted by molar-refractivity contribution is 7.91. The Hall–Kier alpha value is -1.97. The molecular weight excluding hydrogens is 346 g/mol. The van der Waals surface area contributed by atoms with Crippen molar-refractivity contribution in [3.63, 3.8) is 0 Å². The van der Waals surface area contributed by atoms with E-state index in [0.717, 1.165) is 34.9 Å². The minimum atomic E-state index is -3.64. The fourth-order valence-electron chi connectivity index (χ4n) is 1.95. The predicted molar refractivity (Wildman–Crippen MR) is 96.5 cm³/mol. The summed E-state index contributed by atoms with van der Waals surface area (Å²) in [5, 5.41) is 11.5. The van der Waals surface area contributed by atoms with E-state index in [1.165, 1.54) is 6.07 Å². The van der Waals surface area contributed by atoms with E-state index in [2.05, 4.69) is 20.6 Å². The van der Waals surface area contributed by atoms with Gasteiger partial charge < -0.3 is 10.6 Å². The van der Waals surface area contributed by atoms with Crippen LogP contribution < -0.4 is 15.8 Å². The number of primary sulfonamides is 1. The molecule has 2 rings (SSSR count). The molecule has 0 aliphatic carbocycles. The third-order valence-corrected chi connectivity index (χ3v) is 5.56. The minimum absolute atomic E-state index is 0.154. The van der Waals surface area contributed by atoms with E-state index in [0.29, 0.717) is 19.0 Å². The summed E-state index contributed by atoms with van der Waals surface area (Å²) < 4.78 is 22.7. The third-order valence-electron chi connectivity index (χ3n) is 3.05. The van der Waals surface area contributed by atoms with Crippen molar-refractivity contribution in [2.24, 2.45) is 10.1 Å². The number of nitrogens with one attached hydrogen (secondary N) is 2. The van der Waals surface area contributed by atoms with Crippen molar-refractivity contribution >= 4 is 27.3 Å². The number of rotatable bonds is 7. The Morgan fingerprint density at radius 2 is 2.12 bits per heavy atom. The number of nitrogens with two attached hydrogens (primary N) is 1. The molecule has 130 valence electrons. The Morgan fingerprint density at radius 1 is 1.29 bits per heavy atom. The van der Waals surface area contributed by atoms with E-state index in [-0.39, 0.29) is 4.21 Å². The van der Waals surface area contributed by atoms with Gasteiger partial charge in [0.05, 0.1) is 6.54 Å². The van der Waals surface area contributed by atoms with E-state index in [1.807, 2.05) is 25.1 Å². The van der Waals surface area contributed by atoms with Gasteiger partial charge in [0.15, 0.2) is 5.96 Å². The first kappa shape index (κ1) is 18.4. The maximum atomic E-state index is 11.3. The van der Waals surface area contributed by atoms with E-state index in [4.69, 9.17) is 5.14 Å². The summed E-state index contributed by atoms with van der Waals surface area (Å²) >= 11 is 1.14. The molecule has 0 saturated heterocycles. The van der Waals surface area contributed by atoms with Crippen molar-refractivity contribution in [2.75, 3.05) is 13.1 Å². The molecule has 0 saturated carbocycles. The second-order valence-electron chi connectivity index (χ2n) is 4.96. The summed E-state index contributed by atoms with van der Waals surface area (Å²) in [4.78, 5) is 9.57. The van der Waals surface area contributed by atoms with Gasteiger partial charge in [0, 0.05) is 36.3 Å². The highest BCUT2D eigenvalue weighted by atomic mass is 32.2. The minimum Gasteiger partial charge on any atom is -0.357 e. The number of sulfonamides is 1. The molecule has 0 atom stereocenters. The monoisotopic (exact) mass is 367 g/mol. The molecule has 7 nitrogen and oxygen atoms in total. The highest BCUT2D eigenvalue weighted by Gasteiger charge is 2.10. The Balaban J connectivity index is 1.91. The second kappa shape index (κ2) is 8.76. The molecule has 0 aliphatic heterocycles. The van der Waals surface area contributed by atoms with Crippen molar-refractivity contribution in [1.82, 2.24) is 15.6 Å². The van der Waals surface area contributed by atoms with Gasteiger partial charge in [-0.25, -0.2) is 18.5 Å². The lowest BCUT2D eigenvalue weighted by Gasteiger charge is -2.10. The van der Waals surface area contributed by atoms with Crippen molar-refractivity contribution in [3.8, 4) is 0 Å². The molecule has 0 aliphatic rings. The number of hydrogen-bond donors (Lipinski definition) is 3. The number of guanidine groups is 1. The zero-order chi connectivity index (χ0) is 17.4. The molecule has 0 unspecified atom stereocenters. The van der Waals surface area contributed by atoms with E-state index < -0.39 is 10.0 Å². The Labute approximate surface area is 146 Å². The molecule has 0 radical (unpaired) electrons. The van der Waals surface area contributed by atoms with Gasteiger partial charge in [0.2, 0.25) is 10.0 Å². The van der Waals surface area contributed by atoms with Crippen LogP contribution in [0.4, 0.5) is 0 Å². The third kappa shape index (κ3) is 5.91. The number of pyridine rings is 1.